The first-order valence-electron chi connectivity index (χ1n) is 20.2. The highest BCUT2D eigenvalue weighted by Gasteiger charge is 2.47. The molecule has 272 valence electrons. The molecule has 0 fully saturated rings. The quantitative estimate of drug-likeness (QED) is 0.152. The summed E-state index contributed by atoms with van der Waals surface area (Å²) in [7, 11) is 0. The van der Waals surface area contributed by atoms with Crippen LogP contribution in [0.4, 0.5) is 17.1 Å². The molecule has 8 aromatic carbocycles. The number of allylic oxidation sites excluding steroid dienone is 2. The molecule has 2 heteroatoms. The number of furan rings is 1. The summed E-state index contributed by atoms with van der Waals surface area (Å²) in [5.74, 6) is 0.571. The maximum atomic E-state index is 6.91. The summed E-state index contributed by atoms with van der Waals surface area (Å²) in [5, 5.41) is 2.26. The van der Waals surface area contributed by atoms with Gasteiger partial charge < -0.3 is 9.32 Å². The van der Waals surface area contributed by atoms with Gasteiger partial charge in [-0.25, -0.2) is 0 Å². The van der Waals surface area contributed by atoms with E-state index in [1.807, 2.05) is 0 Å². The predicted octanol–water partition coefficient (Wildman–Crippen LogP) is 14.9. The third kappa shape index (κ3) is 5.39. The average Bonchev–Trinajstić information content (AvgIpc) is 3.82. The lowest BCUT2D eigenvalue weighted by atomic mass is 9.66. The highest BCUT2D eigenvalue weighted by Crippen LogP contribution is 2.58. The molecule has 0 spiro atoms. The fraction of sp³-hybridized carbons (Fsp3) is 0.0909. The zero-order chi connectivity index (χ0) is 37.8. The van der Waals surface area contributed by atoms with E-state index >= 15 is 0 Å². The lowest BCUT2D eigenvalue weighted by molar-refractivity contribution is 0.617. The van der Waals surface area contributed by atoms with E-state index in [9.17, 15) is 0 Å². The van der Waals surface area contributed by atoms with Crippen LogP contribution in [0.15, 0.2) is 211 Å². The van der Waals surface area contributed by atoms with Crippen molar-refractivity contribution in [3.05, 3.63) is 234 Å². The third-order valence-corrected chi connectivity index (χ3v) is 12.4. The molecule has 9 aromatic rings. The Kier molecular flexibility index (Phi) is 8.03. The summed E-state index contributed by atoms with van der Waals surface area (Å²) >= 11 is 0. The van der Waals surface area contributed by atoms with Gasteiger partial charge in [0.25, 0.3) is 0 Å². The van der Waals surface area contributed by atoms with Gasteiger partial charge in [0.2, 0.25) is 0 Å². The number of benzene rings is 8. The normalized spacial score (nSPS) is 15.4. The number of rotatable bonds is 7. The molecule has 0 saturated heterocycles. The highest BCUT2D eigenvalue weighted by molar-refractivity contribution is 6.10. The van der Waals surface area contributed by atoms with Crippen LogP contribution < -0.4 is 4.90 Å². The van der Waals surface area contributed by atoms with Gasteiger partial charge in [-0.2, -0.15) is 0 Å². The van der Waals surface area contributed by atoms with Crippen LogP contribution in [-0.4, -0.2) is 0 Å². The third-order valence-electron chi connectivity index (χ3n) is 12.4. The van der Waals surface area contributed by atoms with Gasteiger partial charge in [-0.15, -0.1) is 0 Å². The topological polar surface area (TPSA) is 16.4 Å². The fourth-order valence-electron chi connectivity index (χ4n) is 9.82. The average molecular weight is 732 g/mol. The molecule has 2 aliphatic carbocycles. The molecule has 11 rings (SSSR count). The molecule has 2 aliphatic rings. The van der Waals surface area contributed by atoms with Crippen LogP contribution in [0.2, 0.25) is 0 Å². The minimum Gasteiger partial charge on any atom is -0.456 e. The van der Waals surface area contributed by atoms with Crippen molar-refractivity contribution in [2.75, 3.05) is 4.90 Å². The molecule has 0 radical (unpaired) electrons. The fourth-order valence-corrected chi connectivity index (χ4v) is 9.82. The van der Waals surface area contributed by atoms with Crippen molar-refractivity contribution < 1.29 is 4.42 Å². The van der Waals surface area contributed by atoms with Crippen molar-refractivity contribution >= 4 is 39.0 Å². The van der Waals surface area contributed by atoms with Crippen molar-refractivity contribution in [1.82, 2.24) is 0 Å². The molecule has 1 aromatic heterocycles. The van der Waals surface area contributed by atoms with Gasteiger partial charge in [0.15, 0.2) is 0 Å². The van der Waals surface area contributed by atoms with Crippen LogP contribution in [0.5, 0.6) is 0 Å². The van der Waals surface area contributed by atoms with Crippen LogP contribution in [0.25, 0.3) is 44.2 Å². The van der Waals surface area contributed by atoms with Crippen LogP contribution in [0, 0.1) is 0 Å². The van der Waals surface area contributed by atoms with Gasteiger partial charge in [-0.1, -0.05) is 158 Å². The van der Waals surface area contributed by atoms with Crippen molar-refractivity contribution in [2.24, 2.45) is 0 Å². The molecule has 0 N–H and O–H groups in total. The van der Waals surface area contributed by atoms with Crippen LogP contribution in [0.1, 0.15) is 53.0 Å². The second kappa shape index (κ2) is 13.7. The zero-order valence-electron chi connectivity index (χ0n) is 31.7. The zero-order valence-corrected chi connectivity index (χ0v) is 31.7. The molecule has 1 heterocycles. The molecule has 0 amide bonds. The maximum Gasteiger partial charge on any atom is 0.137 e. The van der Waals surface area contributed by atoms with Gasteiger partial charge in [-0.05, 0) is 118 Å². The first kappa shape index (κ1) is 33.4. The molecule has 2 nitrogen and oxygen atoms in total. The Morgan fingerprint density at radius 2 is 1.07 bits per heavy atom. The minimum absolute atomic E-state index is 0.522. The van der Waals surface area contributed by atoms with E-state index in [1.54, 1.807) is 0 Å². The van der Waals surface area contributed by atoms with Crippen molar-refractivity contribution in [1.29, 1.82) is 0 Å². The van der Waals surface area contributed by atoms with Gasteiger partial charge in [0, 0.05) is 33.9 Å². The molecule has 0 aliphatic heterocycles. The summed E-state index contributed by atoms with van der Waals surface area (Å²) in [6.07, 6.45) is 8.11. The summed E-state index contributed by atoms with van der Waals surface area (Å²) in [6, 6.07) is 71.1. The molecular formula is C55H41NO. The van der Waals surface area contributed by atoms with Crippen LogP contribution in [0.3, 0.4) is 0 Å². The SMILES string of the molecule is C1=CCC(c2ccc(N(c3ccc(-c4ccccc4)cc3)c3ccc4c(c3)oc3cccc(C5(c6ccccc6)c6ccccc6-c6ccccc65)c34)cc2)CC1. The number of hydrogen-bond donors (Lipinski definition) is 0. The first-order chi connectivity index (χ1) is 28.3. The Hall–Kier alpha value is -6.90. The largest absolute Gasteiger partial charge is 0.456 e. The number of hydrogen-bond acceptors (Lipinski definition) is 2. The van der Waals surface area contributed by atoms with E-state index < -0.39 is 5.41 Å². The highest BCUT2D eigenvalue weighted by atomic mass is 16.3. The Balaban J connectivity index is 1.09. The summed E-state index contributed by atoms with van der Waals surface area (Å²) in [5.41, 5.74) is 16.0. The Morgan fingerprint density at radius 1 is 0.474 bits per heavy atom. The number of anilines is 3. The van der Waals surface area contributed by atoms with Crippen molar-refractivity contribution in [2.45, 2.75) is 30.6 Å². The summed E-state index contributed by atoms with van der Waals surface area (Å²) in [6.45, 7) is 0. The molecular weight excluding hydrogens is 691 g/mol. The van der Waals surface area contributed by atoms with Gasteiger partial charge in [-0.3, -0.25) is 0 Å². The molecule has 57 heavy (non-hydrogen) atoms. The standard InChI is InChI=1S/C55H41NO/c1-4-15-38(16-5-1)40-27-31-43(32-28-40)56(44-33-29-41(30-34-44)39-17-6-2-7-18-39)45-35-36-48-53(37-45)57-52-26-14-25-51(54(48)52)55(42-19-8-3-9-20-42)49-23-12-10-21-46(49)47-22-11-13-24-50(47)55/h1-6,8-16,19-37,39H,7,17-18H2. The molecule has 0 saturated carbocycles. The Morgan fingerprint density at radius 3 is 1.75 bits per heavy atom. The van der Waals surface area contributed by atoms with E-state index in [0.29, 0.717) is 5.92 Å². The van der Waals surface area contributed by atoms with Crippen LogP contribution in [-0.2, 0) is 5.41 Å². The van der Waals surface area contributed by atoms with Crippen LogP contribution >= 0.6 is 0 Å². The monoisotopic (exact) mass is 731 g/mol. The van der Waals surface area contributed by atoms with Crippen molar-refractivity contribution in [3.8, 4) is 22.3 Å². The lowest BCUT2D eigenvalue weighted by Gasteiger charge is -2.34. The van der Waals surface area contributed by atoms with E-state index in [2.05, 4.69) is 211 Å². The first-order valence-corrected chi connectivity index (χ1v) is 20.2. The number of fused-ring (bicyclic) bond motifs is 6. The Bertz CT molecular complexity index is 2870. The Labute approximate surface area is 334 Å². The lowest BCUT2D eigenvalue weighted by Crippen LogP contribution is -2.28. The van der Waals surface area contributed by atoms with Gasteiger partial charge in [0.1, 0.15) is 11.2 Å². The van der Waals surface area contributed by atoms with E-state index in [1.165, 1.54) is 56.5 Å². The second-order valence-electron chi connectivity index (χ2n) is 15.5. The maximum absolute atomic E-state index is 6.91. The van der Waals surface area contributed by atoms with E-state index in [-0.39, 0.29) is 0 Å². The van der Waals surface area contributed by atoms with Gasteiger partial charge in [0.05, 0.1) is 5.41 Å². The second-order valence-corrected chi connectivity index (χ2v) is 15.5. The molecule has 1 unspecified atom stereocenters. The number of nitrogens with zero attached hydrogens (tertiary/aromatic N) is 1. The molecule has 1 atom stereocenters. The van der Waals surface area contributed by atoms with Crippen molar-refractivity contribution in [3.63, 3.8) is 0 Å². The smallest absolute Gasteiger partial charge is 0.137 e. The van der Waals surface area contributed by atoms with E-state index in [0.717, 1.165) is 51.8 Å². The molecule has 0 bridgehead atoms. The summed E-state index contributed by atoms with van der Waals surface area (Å²) < 4.78 is 6.91. The van der Waals surface area contributed by atoms with Gasteiger partial charge >= 0.3 is 0 Å². The summed E-state index contributed by atoms with van der Waals surface area (Å²) in [4.78, 5) is 2.36. The predicted molar refractivity (Wildman–Crippen MR) is 237 cm³/mol. The van der Waals surface area contributed by atoms with E-state index in [4.69, 9.17) is 4.42 Å². The minimum atomic E-state index is -0.522.